The van der Waals surface area contributed by atoms with Gasteiger partial charge >= 0.3 is 6.61 Å². The Morgan fingerprint density at radius 1 is 1.12 bits per heavy atom. The molecule has 0 unspecified atom stereocenters. The minimum absolute atomic E-state index is 0.00493. The zero-order valence-electron chi connectivity index (χ0n) is 16.5. The Morgan fingerprint density at radius 3 is 2.62 bits per heavy atom. The van der Waals surface area contributed by atoms with Crippen molar-refractivity contribution in [2.24, 2.45) is 0 Å². The van der Waals surface area contributed by atoms with Crippen LogP contribution in [0.2, 0.25) is 0 Å². The van der Waals surface area contributed by atoms with Gasteiger partial charge in [0.2, 0.25) is 5.91 Å². The molecule has 2 aromatic heterocycles. The van der Waals surface area contributed by atoms with Gasteiger partial charge in [0.25, 0.3) is 5.56 Å². The highest BCUT2D eigenvalue weighted by atomic mass is 32.2. The van der Waals surface area contributed by atoms with Gasteiger partial charge in [-0.05, 0) is 48.5 Å². The SMILES string of the molecule is O=C(CSc1nc2ccccc2c(=O)n1Cc1ccco1)Nc1ccc(OC(F)F)cc1. The number of hydrogen-bond acceptors (Lipinski definition) is 6. The molecule has 0 atom stereocenters. The molecule has 1 amide bonds. The van der Waals surface area contributed by atoms with Crippen LogP contribution in [0.5, 0.6) is 5.75 Å². The van der Waals surface area contributed by atoms with Crippen molar-refractivity contribution in [2.75, 3.05) is 11.1 Å². The number of furan rings is 1. The highest BCUT2D eigenvalue weighted by molar-refractivity contribution is 7.99. The average Bonchev–Trinajstić information content (AvgIpc) is 3.29. The number of hydrogen-bond donors (Lipinski definition) is 1. The van der Waals surface area contributed by atoms with E-state index in [1.54, 1.807) is 36.4 Å². The molecule has 4 rings (SSSR count). The van der Waals surface area contributed by atoms with E-state index in [4.69, 9.17) is 4.42 Å². The van der Waals surface area contributed by atoms with Crippen LogP contribution in [-0.4, -0.2) is 27.8 Å². The third kappa shape index (κ3) is 5.14. The number of aromatic nitrogens is 2. The number of halogens is 2. The third-order valence-corrected chi connectivity index (χ3v) is 5.39. The molecule has 0 fully saturated rings. The second-order valence-corrected chi connectivity index (χ2v) is 7.56. The molecular formula is C22H17F2N3O4S. The molecule has 4 aromatic rings. The highest BCUT2D eigenvalue weighted by Crippen LogP contribution is 2.21. The molecule has 0 radical (unpaired) electrons. The van der Waals surface area contributed by atoms with Gasteiger partial charge < -0.3 is 14.5 Å². The van der Waals surface area contributed by atoms with Gasteiger partial charge in [0.15, 0.2) is 5.16 Å². The minimum Gasteiger partial charge on any atom is -0.467 e. The predicted octanol–water partition coefficient (Wildman–Crippen LogP) is 4.37. The van der Waals surface area contributed by atoms with E-state index in [1.807, 2.05) is 0 Å². The van der Waals surface area contributed by atoms with E-state index in [0.29, 0.717) is 27.5 Å². The summed E-state index contributed by atoms with van der Waals surface area (Å²) in [5.41, 5.74) is 0.729. The summed E-state index contributed by atoms with van der Waals surface area (Å²) >= 11 is 1.11. The molecule has 0 saturated carbocycles. The van der Waals surface area contributed by atoms with Crippen LogP contribution in [0.1, 0.15) is 5.76 Å². The number of anilines is 1. The Labute approximate surface area is 185 Å². The fourth-order valence-corrected chi connectivity index (χ4v) is 3.80. The molecule has 164 valence electrons. The summed E-state index contributed by atoms with van der Waals surface area (Å²) in [6.45, 7) is -2.74. The van der Waals surface area contributed by atoms with Crippen molar-refractivity contribution in [3.63, 3.8) is 0 Å². The number of benzene rings is 2. The smallest absolute Gasteiger partial charge is 0.387 e. The third-order valence-electron chi connectivity index (χ3n) is 4.42. The summed E-state index contributed by atoms with van der Waals surface area (Å²) in [5, 5.41) is 3.52. The van der Waals surface area contributed by atoms with Crippen molar-refractivity contribution in [3.05, 3.63) is 83.0 Å². The van der Waals surface area contributed by atoms with Gasteiger partial charge in [0.1, 0.15) is 11.5 Å². The normalized spacial score (nSPS) is 11.1. The van der Waals surface area contributed by atoms with Crippen LogP contribution >= 0.6 is 11.8 Å². The standard InChI is InChI=1S/C22H17F2N3O4S/c23-21(24)31-15-9-7-14(8-10-15)25-19(28)13-32-22-26-18-6-2-1-5-17(18)20(29)27(22)12-16-4-3-11-30-16/h1-11,21H,12-13H2,(H,25,28). The summed E-state index contributed by atoms with van der Waals surface area (Å²) in [4.78, 5) is 30.0. The van der Waals surface area contributed by atoms with Crippen molar-refractivity contribution in [1.82, 2.24) is 9.55 Å². The number of thioether (sulfide) groups is 1. The first-order valence-corrected chi connectivity index (χ1v) is 10.5. The van der Waals surface area contributed by atoms with Gasteiger partial charge in [0.05, 0.1) is 29.5 Å². The molecule has 2 aromatic carbocycles. The van der Waals surface area contributed by atoms with Crippen LogP contribution in [0.3, 0.4) is 0 Å². The lowest BCUT2D eigenvalue weighted by Gasteiger charge is -2.12. The Bertz CT molecular complexity index is 1270. The molecular weight excluding hydrogens is 440 g/mol. The Kier molecular flexibility index (Phi) is 6.50. The van der Waals surface area contributed by atoms with Crippen LogP contribution in [0.25, 0.3) is 10.9 Å². The lowest BCUT2D eigenvalue weighted by atomic mass is 10.2. The Morgan fingerprint density at radius 2 is 1.91 bits per heavy atom. The van der Waals surface area contributed by atoms with Crippen LogP contribution in [0.4, 0.5) is 14.5 Å². The zero-order valence-corrected chi connectivity index (χ0v) is 17.4. The van der Waals surface area contributed by atoms with Gasteiger partial charge in [-0.2, -0.15) is 8.78 Å². The van der Waals surface area contributed by atoms with Gasteiger partial charge in [-0.1, -0.05) is 23.9 Å². The van der Waals surface area contributed by atoms with E-state index < -0.39 is 6.61 Å². The Balaban J connectivity index is 1.50. The number of carbonyl (C=O) groups is 1. The van der Waals surface area contributed by atoms with Gasteiger partial charge in [-0.3, -0.25) is 14.2 Å². The number of alkyl halides is 2. The fraction of sp³-hybridized carbons (Fsp3) is 0.136. The van der Waals surface area contributed by atoms with Crippen molar-refractivity contribution in [3.8, 4) is 5.75 Å². The van der Waals surface area contributed by atoms with Gasteiger partial charge in [-0.25, -0.2) is 4.98 Å². The number of fused-ring (bicyclic) bond motifs is 1. The van der Waals surface area contributed by atoms with Gasteiger partial charge in [-0.15, -0.1) is 0 Å². The van der Waals surface area contributed by atoms with E-state index in [2.05, 4.69) is 15.0 Å². The van der Waals surface area contributed by atoms with Crippen LogP contribution in [0, 0.1) is 0 Å². The monoisotopic (exact) mass is 457 g/mol. The largest absolute Gasteiger partial charge is 0.467 e. The number of nitrogens with zero attached hydrogens (tertiary/aromatic N) is 2. The highest BCUT2D eigenvalue weighted by Gasteiger charge is 2.15. The number of ether oxygens (including phenoxy) is 1. The topological polar surface area (TPSA) is 86.4 Å². The van der Waals surface area contributed by atoms with Crippen LogP contribution < -0.4 is 15.6 Å². The second-order valence-electron chi connectivity index (χ2n) is 6.62. The number of rotatable bonds is 8. The van der Waals surface area contributed by atoms with E-state index in [0.717, 1.165) is 11.8 Å². The molecule has 0 spiro atoms. The summed E-state index contributed by atoms with van der Waals surface area (Å²) in [6, 6.07) is 16.1. The first-order valence-electron chi connectivity index (χ1n) is 9.49. The molecule has 0 saturated heterocycles. The summed E-state index contributed by atoms with van der Waals surface area (Å²) in [5.74, 6) is 0.221. The van der Waals surface area contributed by atoms with Crippen LogP contribution in [-0.2, 0) is 11.3 Å². The maximum absolute atomic E-state index is 13.0. The zero-order chi connectivity index (χ0) is 22.5. The Hall–Kier alpha value is -3.66. The van der Waals surface area contributed by atoms with Crippen molar-refractivity contribution in [1.29, 1.82) is 0 Å². The second kappa shape index (κ2) is 9.65. The molecule has 10 heteroatoms. The molecule has 0 aliphatic heterocycles. The van der Waals surface area contributed by atoms with E-state index >= 15 is 0 Å². The number of amides is 1. The lowest BCUT2D eigenvalue weighted by Crippen LogP contribution is -2.24. The summed E-state index contributed by atoms with van der Waals surface area (Å²) < 4.78 is 35.6. The number of nitrogens with one attached hydrogen (secondary N) is 1. The van der Waals surface area contributed by atoms with E-state index in [9.17, 15) is 18.4 Å². The van der Waals surface area contributed by atoms with E-state index in [1.165, 1.54) is 35.1 Å². The maximum atomic E-state index is 13.0. The first kappa shape index (κ1) is 21.6. The minimum atomic E-state index is -2.92. The van der Waals surface area contributed by atoms with E-state index in [-0.39, 0.29) is 29.5 Å². The molecule has 7 nitrogen and oxygen atoms in total. The predicted molar refractivity (Wildman–Crippen MR) is 116 cm³/mol. The van der Waals surface area contributed by atoms with Crippen molar-refractivity contribution in [2.45, 2.75) is 18.3 Å². The summed E-state index contributed by atoms with van der Waals surface area (Å²) in [7, 11) is 0. The number of para-hydroxylation sites is 1. The average molecular weight is 457 g/mol. The molecule has 1 N–H and O–H groups in total. The lowest BCUT2D eigenvalue weighted by molar-refractivity contribution is -0.113. The first-order chi connectivity index (χ1) is 15.5. The molecule has 2 heterocycles. The van der Waals surface area contributed by atoms with Crippen molar-refractivity contribution < 1.29 is 22.7 Å². The maximum Gasteiger partial charge on any atom is 0.387 e. The molecule has 0 bridgehead atoms. The van der Waals surface area contributed by atoms with Crippen LogP contribution in [0.15, 0.2) is 81.3 Å². The molecule has 0 aliphatic rings. The molecule has 32 heavy (non-hydrogen) atoms. The fourth-order valence-electron chi connectivity index (χ4n) is 3.00. The van der Waals surface area contributed by atoms with Crippen molar-refractivity contribution >= 4 is 34.3 Å². The summed E-state index contributed by atoms with van der Waals surface area (Å²) in [6.07, 6.45) is 1.52. The van der Waals surface area contributed by atoms with Gasteiger partial charge in [0, 0.05) is 5.69 Å². The number of carbonyl (C=O) groups excluding carboxylic acids is 1. The molecule has 0 aliphatic carbocycles. The quantitative estimate of drug-likeness (QED) is 0.312.